The van der Waals surface area contributed by atoms with Crippen molar-refractivity contribution in [2.75, 3.05) is 19.8 Å². The Hall–Kier alpha value is -0.160. The van der Waals surface area contributed by atoms with E-state index in [0.29, 0.717) is 25.7 Å². The highest BCUT2D eigenvalue weighted by Gasteiger charge is 2.09. The molecule has 17 heavy (non-hydrogen) atoms. The van der Waals surface area contributed by atoms with Crippen LogP contribution in [0.3, 0.4) is 0 Å². The lowest BCUT2D eigenvalue weighted by Crippen LogP contribution is -2.22. The predicted octanol–water partition coefficient (Wildman–Crippen LogP) is 3.26. The monoisotopic (exact) mass is 277 g/mol. The first-order valence-electron chi connectivity index (χ1n) is 5.72. The van der Waals surface area contributed by atoms with Crippen LogP contribution in [0.1, 0.15) is 31.5 Å². The van der Waals surface area contributed by atoms with Crippen LogP contribution in [0.2, 0.25) is 0 Å². The van der Waals surface area contributed by atoms with Crippen LogP contribution in [0.5, 0.6) is 0 Å². The van der Waals surface area contributed by atoms with Gasteiger partial charge in [0.15, 0.2) is 0 Å². The first-order valence-corrected chi connectivity index (χ1v) is 7.13. The van der Waals surface area contributed by atoms with E-state index in [2.05, 4.69) is 4.98 Å². The average molecular weight is 278 g/mol. The van der Waals surface area contributed by atoms with E-state index in [0.717, 1.165) is 17.1 Å². The summed E-state index contributed by atoms with van der Waals surface area (Å²) in [6.45, 7) is 8.06. The highest BCUT2D eigenvalue weighted by atomic mass is 35.5. The van der Waals surface area contributed by atoms with Crippen LogP contribution in [-0.2, 0) is 21.8 Å². The molecule has 0 fully saturated rings. The maximum atomic E-state index is 5.68. The number of ether oxygens (including phenoxy) is 2. The van der Waals surface area contributed by atoms with E-state index in [-0.39, 0.29) is 5.60 Å². The second-order valence-corrected chi connectivity index (χ2v) is 5.90. The molecule has 1 rings (SSSR count). The molecular formula is C12H20ClNO2S. The zero-order valence-corrected chi connectivity index (χ0v) is 12.2. The topological polar surface area (TPSA) is 31.4 Å². The number of hydrogen-bond donors (Lipinski definition) is 0. The Kier molecular flexibility index (Phi) is 6.41. The summed E-state index contributed by atoms with van der Waals surface area (Å²) in [5.41, 5.74) is 0.858. The van der Waals surface area contributed by atoms with Crippen molar-refractivity contribution in [3.8, 4) is 0 Å². The zero-order chi connectivity index (χ0) is 12.7. The van der Waals surface area contributed by atoms with Crippen LogP contribution >= 0.6 is 22.9 Å². The molecule has 0 aromatic carbocycles. The minimum absolute atomic E-state index is 0.0894. The normalized spacial score (nSPS) is 12.0. The highest BCUT2D eigenvalue weighted by Crippen LogP contribution is 2.12. The van der Waals surface area contributed by atoms with Crippen LogP contribution in [0.25, 0.3) is 0 Å². The van der Waals surface area contributed by atoms with E-state index in [9.17, 15) is 0 Å². The summed E-state index contributed by atoms with van der Waals surface area (Å²) in [6, 6.07) is 0. The third-order valence-electron chi connectivity index (χ3n) is 1.96. The van der Waals surface area contributed by atoms with Gasteiger partial charge in [-0.05, 0) is 20.8 Å². The predicted molar refractivity (Wildman–Crippen MR) is 71.9 cm³/mol. The second kappa shape index (κ2) is 7.31. The molecule has 0 aliphatic heterocycles. The molecule has 0 bridgehead atoms. The maximum absolute atomic E-state index is 5.68. The van der Waals surface area contributed by atoms with E-state index in [1.807, 2.05) is 26.2 Å². The van der Waals surface area contributed by atoms with Crippen molar-refractivity contribution in [2.45, 2.75) is 38.7 Å². The van der Waals surface area contributed by atoms with Crippen molar-refractivity contribution in [3.63, 3.8) is 0 Å². The molecular weight excluding hydrogens is 258 g/mol. The van der Waals surface area contributed by atoms with E-state index < -0.39 is 0 Å². The Balaban J connectivity index is 2.04. The number of rotatable bonds is 7. The van der Waals surface area contributed by atoms with Crippen LogP contribution in [-0.4, -0.2) is 30.4 Å². The fraction of sp³-hybridized carbons (Fsp3) is 0.750. The third kappa shape index (κ3) is 6.99. The number of halogens is 1. The van der Waals surface area contributed by atoms with Gasteiger partial charge in [-0.3, -0.25) is 0 Å². The molecule has 0 radical (unpaired) electrons. The second-order valence-electron chi connectivity index (χ2n) is 4.69. The summed E-state index contributed by atoms with van der Waals surface area (Å²) in [4.78, 5) is 4.36. The molecule has 0 atom stereocenters. The average Bonchev–Trinajstić information content (AvgIpc) is 2.69. The zero-order valence-electron chi connectivity index (χ0n) is 10.7. The molecule has 0 aliphatic carbocycles. The molecule has 3 nitrogen and oxygen atoms in total. The van der Waals surface area contributed by atoms with Gasteiger partial charge in [-0.2, -0.15) is 0 Å². The number of hydrogen-bond acceptors (Lipinski definition) is 4. The smallest absolute Gasteiger partial charge is 0.0951 e. The standard InChI is InChI=1S/C12H20ClNO2S/c1-12(2,3)16-7-6-15-5-4-11-14-10(8-13)9-17-11/h9H,4-8H2,1-3H3. The Morgan fingerprint density at radius 1 is 1.29 bits per heavy atom. The minimum atomic E-state index is -0.0894. The molecule has 0 N–H and O–H groups in total. The lowest BCUT2D eigenvalue weighted by Gasteiger charge is -2.19. The third-order valence-corrected chi connectivity index (χ3v) is 3.19. The van der Waals surface area contributed by atoms with E-state index in [1.165, 1.54) is 0 Å². The molecule has 0 spiro atoms. The van der Waals surface area contributed by atoms with Gasteiger partial charge in [0.1, 0.15) is 0 Å². The first-order chi connectivity index (χ1) is 8.01. The number of nitrogens with zero attached hydrogens (tertiary/aromatic N) is 1. The van der Waals surface area contributed by atoms with Crippen molar-refractivity contribution in [2.24, 2.45) is 0 Å². The summed E-state index contributed by atoms with van der Waals surface area (Å²) in [7, 11) is 0. The number of alkyl halides is 1. The van der Waals surface area contributed by atoms with Gasteiger partial charge in [0, 0.05) is 11.8 Å². The van der Waals surface area contributed by atoms with Crippen molar-refractivity contribution in [1.29, 1.82) is 0 Å². The van der Waals surface area contributed by atoms with Crippen LogP contribution < -0.4 is 0 Å². The van der Waals surface area contributed by atoms with Crippen LogP contribution in [0.4, 0.5) is 0 Å². The van der Waals surface area contributed by atoms with Crippen LogP contribution in [0, 0.1) is 0 Å². The fourth-order valence-corrected chi connectivity index (χ4v) is 2.20. The Labute approximate surface area is 112 Å². The van der Waals surface area contributed by atoms with Gasteiger partial charge >= 0.3 is 0 Å². The minimum Gasteiger partial charge on any atom is -0.379 e. The maximum Gasteiger partial charge on any atom is 0.0951 e. The molecule has 0 unspecified atom stereocenters. The van der Waals surface area contributed by atoms with Gasteiger partial charge in [-0.25, -0.2) is 4.98 Å². The summed E-state index contributed by atoms with van der Waals surface area (Å²) in [6.07, 6.45) is 0.844. The fourth-order valence-electron chi connectivity index (χ4n) is 1.19. The van der Waals surface area contributed by atoms with E-state index in [1.54, 1.807) is 11.3 Å². The number of thiazole rings is 1. The molecule has 0 amide bonds. The van der Waals surface area contributed by atoms with Gasteiger partial charge in [0.05, 0.1) is 42.0 Å². The Bertz CT molecular complexity index is 323. The Morgan fingerprint density at radius 2 is 2.06 bits per heavy atom. The molecule has 0 saturated heterocycles. The summed E-state index contributed by atoms with van der Waals surface area (Å²) < 4.78 is 11.0. The molecule has 5 heteroatoms. The Morgan fingerprint density at radius 3 is 2.65 bits per heavy atom. The molecule has 1 aromatic rings. The quantitative estimate of drug-likeness (QED) is 0.566. The van der Waals surface area contributed by atoms with Crippen molar-refractivity contribution >= 4 is 22.9 Å². The molecule has 98 valence electrons. The lowest BCUT2D eigenvalue weighted by molar-refractivity contribution is -0.0344. The largest absolute Gasteiger partial charge is 0.379 e. The van der Waals surface area contributed by atoms with E-state index >= 15 is 0 Å². The molecule has 0 saturated carbocycles. The van der Waals surface area contributed by atoms with Gasteiger partial charge in [0.2, 0.25) is 0 Å². The van der Waals surface area contributed by atoms with Crippen molar-refractivity contribution < 1.29 is 9.47 Å². The lowest BCUT2D eigenvalue weighted by atomic mass is 10.2. The molecule has 1 heterocycles. The van der Waals surface area contributed by atoms with Gasteiger partial charge < -0.3 is 9.47 Å². The van der Waals surface area contributed by atoms with E-state index in [4.69, 9.17) is 21.1 Å². The highest BCUT2D eigenvalue weighted by molar-refractivity contribution is 7.09. The molecule has 0 aliphatic rings. The SMILES string of the molecule is CC(C)(C)OCCOCCc1nc(CCl)cs1. The summed E-state index contributed by atoms with van der Waals surface area (Å²) >= 11 is 7.32. The summed E-state index contributed by atoms with van der Waals surface area (Å²) in [5.74, 6) is 0.483. The van der Waals surface area contributed by atoms with Crippen molar-refractivity contribution in [1.82, 2.24) is 4.98 Å². The van der Waals surface area contributed by atoms with Gasteiger partial charge in [-0.1, -0.05) is 0 Å². The number of aromatic nitrogens is 1. The van der Waals surface area contributed by atoms with Crippen LogP contribution in [0.15, 0.2) is 5.38 Å². The van der Waals surface area contributed by atoms with Crippen molar-refractivity contribution in [3.05, 3.63) is 16.1 Å². The van der Waals surface area contributed by atoms with Gasteiger partial charge in [-0.15, -0.1) is 22.9 Å². The first kappa shape index (κ1) is 14.9. The summed E-state index contributed by atoms with van der Waals surface area (Å²) in [5, 5.41) is 3.07. The van der Waals surface area contributed by atoms with Gasteiger partial charge in [0.25, 0.3) is 0 Å². The molecule has 1 aromatic heterocycles.